The number of amides is 1. The van der Waals surface area contributed by atoms with Gasteiger partial charge < -0.3 is 11.1 Å². The fraction of sp³-hybridized carbons (Fsp3) is 0.545. The average Bonchev–Trinajstić information content (AvgIpc) is 2.54. The van der Waals surface area contributed by atoms with Crippen LogP contribution in [0.1, 0.15) is 31.7 Å². The van der Waals surface area contributed by atoms with Crippen molar-refractivity contribution in [3.05, 3.63) is 22.4 Å². The van der Waals surface area contributed by atoms with Crippen molar-refractivity contribution < 1.29 is 4.79 Å². The van der Waals surface area contributed by atoms with Crippen LogP contribution in [0.5, 0.6) is 0 Å². The van der Waals surface area contributed by atoms with E-state index < -0.39 is 0 Å². The Morgan fingerprint density at radius 2 is 2.27 bits per heavy atom. The minimum atomic E-state index is -0.319. The zero-order chi connectivity index (χ0) is 11.5. The van der Waals surface area contributed by atoms with E-state index in [9.17, 15) is 4.79 Å². The first kappa shape index (κ1) is 12.2. The van der Waals surface area contributed by atoms with Crippen molar-refractivity contribution in [1.29, 1.82) is 0 Å². The van der Waals surface area contributed by atoms with Crippen molar-refractivity contribution in [2.75, 3.05) is 6.54 Å². The molecule has 0 unspecified atom stereocenters. The molecule has 15 heavy (non-hydrogen) atoms. The monoisotopic (exact) mass is 226 g/mol. The molecule has 0 saturated carbocycles. The Bertz CT molecular complexity index is 314. The fourth-order valence-corrected chi connectivity index (χ4v) is 2.54. The highest BCUT2D eigenvalue weighted by atomic mass is 32.1. The number of carbonyl (C=O) groups is 1. The standard InChI is InChI=1S/C11H18N2OS/c1-11(2,3)10(13-7-9(12)14)8-5-4-6-15-8/h4-6,10,13H,7H2,1-3H3,(H2,12,14)/t10-/m0/s1. The van der Waals surface area contributed by atoms with E-state index in [0.29, 0.717) is 0 Å². The quantitative estimate of drug-likeness (QED) is 0.824. The van der Waals surface area contributed by atoms with Gasteiger partial charge in [-0.15, -0.1) is 11.3 Å². The summed E-state index contributed by atoms with van der Waals surface area (Å²) in [7, 11) is 0. The molecule has 0 bridgehead atoms. The molecule has 0 saturated heterocycles. The molecule has 0 aliphatic carbocycles. The third-order valence-corrected chi connectivity index (χ3v) is 3.11. The number of nitrogens with two attached hydrogens (primary N) is 1. The summed E-state index contributed by atoms with van der Waals surface area (Å²) in [5.74, 6) is -0.319. The van der Waals surface area contributed by atoms with Crippen LogP contribution in [0.4, 0.5) is 0 Å². The SMILES string of the molecule is CC(C)(C)[C@@H](NCC(N)=O)c1cccs1. The third kappa shape index (κ3) is 3.64. The number of thiophene rings is 1. The van der Waals surface area contributed by atoms with Gasteiger partial charge in [0.2, 0.25) is 5.91 Å². The van der Waals surface area contributed by atoms with Gasteiger partial charge in [-0.1, -0.05) is 26.8 Å². The van der Waals surface area contributed by atoms with Crippen LogP contribution in [0.3, 0.4) is 0 Å². The summed E-state index contributed by atoms with van der Waals surface area (Å²) in [6.07, 6.45) is 0. The van der Waals surface area contributed by atoms with E-state index in [4.69, 9.17) is 5.73 Å². The van der Waals surface area contributed by atoms with E-state index in [-0.39, 0.29) is 23.9 Å². The lowest BCUT2D eigenvalue weighted by Crippen LogP contribution is -2.37. The van der Waals surface area contributed by atoms with Gasteiger partial charge in [-0.2, -0.15) is 0 Å². The smallest absolute Gasteiger partial charge is 0.231 e. The minimum Gasteiger partial charge on any atom is -0.369 e. The Morgan fingerprint density at radius 3 is 2.67 bits per heavy atom. The van der Waals surface area contributed by atoms with Crippen LogP contribution in [0.25, 0.3) is 0 Å². The van der Waals surface area contributed by atoms with Gasteiger partial charge in [0, 0.05) is 10.9 Å². The Morgan fingerprint density at radius 1 is 1.60 bits per heavy atom. The first-order chi connectivity index (χ1) is 6.91. The Labute approximate surface area is 94.7 Å². The Hall–Kier alpha value is -0.870. The average molecular weight is 226 g/mol. The highest BCUT2D eigenvalue weighted by Gasteiger charge is 2.26. The molecule has 1 rings (SSSR count). The largest absolute Gasteiger partial charge is 0.369 e. The zero-order valence-electron chi connectivity index (χ0n) is 9.41. The summed E-state index contributed by atoms with van der Waals surface area (Å²) in [5.41, 5.74) is 5.21. The predicted molar refractivity (Wildman–Crippen MR) is 63.7 cm³/mol. The first-order valence-corrected chi connectivity index (χ1v) is 5.84. The summed E-state index contributed by atoms with van der Waals surface area (Å²) < 4.78 is 0. The van der Waals surface area contributed by atoms with Crippen molar-refractivity contribution >= 4 is 17.2 Å². The molecule has 1 heterocycles. The molecular formula is C11H18N2OS. The second kappa shape index (κ2) is 4.77. The summed E-state index contributed by atoms with van der Waals surface area (Å²) >= 11 is 1.69. The van der Waals surface area contributed by atoms with Crippen LogP contribution in [0.15, 0.2) is 17.5 Å². The van der Waals surface area contributed by atoms with Gasteiger partial charge >= 0.3 is 0 Å². The summed E-state index contributed by atoms with van der Waals surface area (Å²) in [6, 6.07) is 4.27. The highest BCUT2D eigenvalue weighted by Crippen LogP contribution is 2.34. The van der Waals surface area contributed by atoms with Crippen LogP contribution in [0, 0.1) is 5.41 Å². The van der Waals surface area contributed by atoms with E-state index in [0.717, 1.165) is 0 Å². The lowest BCUT2D eigenvalue weighted by molar-refractivity contribution is -0.117. The first-order valence-electron chi connectivity index (χ1n) is 4.96. The van der Waals surface area contributed by atoms with E-state index in [1.807, 2.05) is 11.4 Å². The molecule has 3 nitrogen and oxygen atoms in total. The van der Waals surface area contributed by atoms with Crippen LogP contribution in [0.2, 0.25) is 0 Å². The number of hydrogen-bond donors (Lipinski definition) is 2. The van der Waals surface area contributed by atoms with Gasteiger partial charge in [0.05, 0.1) is 6.54 Å². The van der Waals surface area contributed by atoms with Gasteiger partial charge in [0.25, 0.3) is 0 Å². The predicted octanol–water partition coefficient (Wildman–Crippen LogP) is 1.91. The van der Waals surface area contributed by atoms with Crippen LogP contribution < -0.4 is 11.1 Å². The molecule has 84 valence electrons. The molecule has 0 radical (unpaired) electrons. The minimum absolute atomic E-state index is 0.0697. The molecule has 0 aliphatic rings. The van der Waals surface area contributed by atoms with Crippen LogP contribution in [-0.4, -0.2) is 12.5 Å². The maximum Gasteiger partial charge on any atom is 0.231 e. The van der Waals surface area contributed by atoms with Gasteiger partial charge in [-0.05, 0) is 16.9 Å². The summed E-state index contributed by atoms with van der Waals surface area (Å²) in [5, 5.41) is 5.24. The number of hydrogen-bond acceptors (Lipinski definition) is 3. The second-order valence-corrected chi connectivity index (χ2v) is 5.64. The van der Waals surface area contributed by atoms with Crippen molar-refractivity contribution in [1.82, 2.24) is 5.32 Å². The van der Waals surface area contributed by atoms with Crippen molar-refractivity contribution in [3.63, 3.8) is 0 Å². The Kier molecular flexibility index (Phi) is 3.88. The Balaban J connectivity index is 2.76. The number of carbonyl (C=O) groups excluding carboxylic acids is 1. The number of nitrogens with one attached hydrogen (secondary N) is 1. The molecule has 1 aromatic rings. The normalized spacial score (nSPS) is 13.8. The second-order valence-electron chi connectivity index (χ2n) is 4.66. The molecule has 0 fully saturated rings. The van der Waals surface area contributed by atoms with Gasteiger partial charge in [0.15, 0.2) is 0 Å². The van der Waals surface area contributed by atoms with Crippen LogP contribution >= 0.6 is 11.3 Å². The lowest BCUT2D eigenvalue weighted by Gasteiger charge is -2.30. The number of primary amides is 1. The summed E-state index contributed by atoms with van der Waals surface area (Å²) in [4.78, 5) is 12.0. The van der Waals surface area contributed by atoms with Crippen molar-refractivity contribution in [2.24, 2.45) is 11.1 Å². The van der Waals surface area contributed by atoms with Gasteiger partial charge in [-0.25, -0.2) is 0 Å². The van der Waals surface area contributed by atoms with E-state index in [2.05, 4.69) is 32.2 Å². The van der Waals surface area contributed by atoms with E-state index in [1.165, 1.54) is 4.88 Å². The van der Waals surface area contributed by atoms with Gasteiger partial charge in [-0.3, -0.25) is 4.79 Å². The van der Waals surface area contributed by atoms with Crippen molar-refractivity contribution in [2.45, 2.75) is 26.8 Å². The maximum absolute atomic E-state index is 10.8. The molecular weight excluding hydrogens is 208 g/mol. The zero-order valence-corrected chi connectivity index (χ0v) is 10.2. The molecule has 4 heteroatoms. The molecule has 1 atom stereocenters. The van der Waals surface area contributed by atoms with Gasteiger partial charge in [0.1, 0.15) is 0 Å². The van der Waals surface area contributed by atoms with Crippen LogP contribution in [-0.2, 0) is 4.79 Å². The molecule has 0 spiro atoms. The summed E-state index contributed by atoms with van der Waals surface area (Å²) in [6.45, 7) is 6.65. The topological polar surface area (TPSA) is 55.1 Å². The maximum atomic E-state index is 10.8. The van der Waals surface area contributed by atoms with E-state index in [1.54, 1.807) is 11.3 Å². The molecule has 1 amide bonds. The fourth-order valence-electron chi connectivity index (χ4n) is 1.49. The molecule has 1 aromatic heterocycles. The lowest BCUT2D eigenvalue weighted by atomic mass is 9.86. The van der Waals surface area contributed by atoms with E-state index >= 15 is 0 Å². The highest BCUT2D eigenvalue weighted by molar-refractivity contribution is 7.10. The van der Waals surface area contributed by atoms with Crippen molar-refractivity contribution in [3.8, 4) is 0 Å². The molecule has 0 aliphatic heterocycles. The molecule has 0 aromatic carbocycles. The third-order valence-electron chi connectivity index (χ3n) is 2.17. The number of rotatable bonds is 4. The molecule has 3 N–H and O–H groups in total.